The zero-order valence-corrected chi connectivity index (χ0v) is 17.8. The SMILES string of the molecule is CCCCCCn1c(SCC(=O)Nc2cc(C)cc(C)c2)nc2ccccc21. The first-order valence-corrected chi connectivity index (χ1v) is 11.0. The molecule has 1 N–H and O–H groups in total. The van der Waals surface area contributed by atoms with Gasteiger partial charge in [0.15, 0.2) is 5.16 Å². The number of amides is 1. The maximum absolute atomic E-state index is 12.5. The molecule has 2 aromatic carbocycles. The molecule has 4 nitrogen and oxygen atoms in total. The van der Waals surface area contributed by atoms with E-state index in [1.165, 1.54) is 31.0 Å². The fourth-order valence-electron chi connectivity index (χ4n) is 3.45. The number of imidazole rings is 1. The molecule has 28 heavy (non-hydrogen) atoms. The van der Waals surface area contributed by atoms with Crippen molar-refractivity contribution < 1.29 is 4.79 Å². The van der Waals surface area contributed by atoms with E-state index >= 15 is 0 Å². The molecule has 0 aliphatic rings. The summed E-state index contributed by atoms with van der Waals surface area (Å²) in [6.07, 6.45) is 4.84. The number of carbonyl (C=O) groups is 1. The highest BCUT2D eigenvalue weighted by atomic mass is 32.2. The predicted molar refractivity (Wildman–Crippen MR) is 119 cm³/mol. The molecule has 0 unspecified atom stereocenters. The number of rotatable bonds is 9. The van der Waals surface area contributed by atoms with Gasteiger partial charge in [0.2, 0.25) is 5.91 Å². The van der Waals surface area contributed by atoms with Crippen LogP contribution in [0.25, 0.3) is 11.0 Å². The van der Waals surface area contributed by atoms with Crippen LogP contribution in [-0.2, 0) is 11.3 Å². The van der Waals surface area contributed by atoms with Crippen molar-refractivity contribution in [1.82, 2.24) is 9.55 Å². The maximum atomic E-state index is 12.5. The highest BCUT2D eigenvalue weighted by Crippen LogP contribution is 2.25. The monoisotopic (exact) mass is 395 g/mol. The van der Waals surface area contributed by atoms with Crippen LogP contribution < -0.4 is 5.32 Å². The van der Waals surface area contributed by atoms with Crippen molar-refractivity contribution in [2.45, 2.75) is 58.2 Å². The molecular weight excluding hydrogens is 366 g/mol. The topological polar surface area (TPSA) is 46.9 Å². The van der Waals surface area contributed by atoms with Gasteiger partial charge >= 0.3 is 0 Å². The Morgan fingerprint density at radius 1 is 1.07 bits per heavy atom. The molecule has 0 radical (unpaired) electrons. The minimum atomic E-state index is -0.000380. The second-order valence-corrected chi connectivity index (χ2v) is 8.25. The molecule has 1 amide bonds. The van der Waals surface area contributed by atoms with E-state index in [1.54, 1.807) is 0 Å². The number of fused-ring (bicyclic) bond motifs is 1. The summed E-state index contributed by atoms with van der Waals surface area (Å²) >= 11 is 1.51. The normalized spacial score (nSPS) is 11.1. The molecule has 0 bridgehead atoms. The number of aromatic nitrogens is 2. The Balaban J connectivity index is 1.68. The van der Waals surface area contributed by atoms with E-state index in [0.29, 0.717) is 5.75 Å². The van der Waals surface area contributed by atoms with E-state index in [0.717, 1.165) is 46.0 Å². The van der Waals surface area contributed by atoms with Crippen LogP contribution in [0.1, 0.15) is 43.7 Å². The Labute approximate surface area is 171 Å². The fourth-order valence-corrected chi connectivity index (χ4v) is 4.29. The molecular formula is C23H29N3OS. The average molecular weight is 396 g/mol. The lowest BCUT2D eigenvalue weighted by Gasteiger charge is -2.10. The molecule has 3 aromatic rings. The molecule has 5 heteroatoms. The van der Waals surface area contributed by atoms with E-state index in [4.69, 9.17) is 4.98 Å². The molecule has 0 spiro atoms. The zero-order valence-electron chi connectivity index (χ0n) is 17.0. The number of para-hydroxylation sites is 2. The number of aryl methyl sites for hydroxylation is 3. The fraction of sp³-hybridized carbons (Fsp3) is 0.391. The van der Waals surface area contributed by atoms with Gasteiger partial charge in [-0.15, -0.1) is 0 Å². The van der Waals surface area contributed by atoms with Crippen molar-refractivity contribution in [2.75, 3.05) is 11.1 Å². The van der Waals surface area contributed by atoms with Gasteiger partial charge in [0, 0.05) is 12.2 Å². The number of nitrogens with one attached hydrogen (secondary N) is 1. The van der Waals surface area contributed by atoms with Crippen LogP contribution in [0.2, 0.25) is 0 Å². The predicted octanol–water partition coefficient (Wildman–Crippen LogP) is 5.96. The molecule has 0 fully saturated rings. The van der Waals surface area contributed by atoms with Gasteiger partial charge in [-0.05, 0) is 55.7 Å². The summed E-state index contributed by atoms with van der Waals surface area (Å²) in [5.74, 6) is 0.352. The van der Waals surface area contributed by atoms with Crippen LogP contribution in [-0.4, -0.2) is 21.2 Å². The van der Waals surface area contributed by atoms with Crippen molar-refractivity contribution in [2.24, 2.45) is 0 Å². The molecule has 0 aliphatic heterocycles. The summed E-state index contributed by atoms with van der Waals surface area (Å²) in [6, 6.07) is 14.3. The van der Waals surface area contributed by atoms with E-state index < -0.39 is 0 Å². The molecule has 0 aliphatic carbocycles. The summed E-state index contributed by atoms with van der Waals surface area (Å²) in [7, 11) is 0. The second-order valence-electron chi connectivity index (χ2n) is 7.31. The van der Waals surface area contributed by atoms with Crippen LogP contribution >= 0.6 is 11.8 Å². The Hall–Kier alpha value is -2.27. The Kier molecular flexibility index (Phi) is 7.15. The Morgan fingerprint density at radius 2 is 1.82 bits per heavy atom. The number of thioether (sulfide) groups is 1. The molecule has 0 saturated heterocycles. The molecule has 0 atom stereocenters. The minimum absolute atomic E-state index is 0.000380. The molecule has 1 heterocycles. The van der Waals surface area contributed by atoms with Crippen LogP contribution in [0.5, 0.6) is 0 Å². The van der Waals surface area contributed by atoms with Gasteiger partial charge in [0.1, 0.15) is 0 Å². The quantitative estimate of drug-likeness (QED) is 0.359. The van der Waals surface area contributed by atoms with Gasteiger partial charge in [0.25, 0.3) is 0 Å². The zero-order chi connectivity index (χ0) is 19.9. The molecule has 0 saturated carbocycles. The number of carbonyl (C=O) groups excluding carboxylic acids is 1. The smallest absolute Gasteiger partial charge is 0.234 e. The highest BCUT2D eigenvalue weighted by Gasteiger charge is 2.13. The first-order valence-electron chi connectivity index (χ1n) is 10.0. The van der Waals surface area contributed by atoms with Crippen molar-refractivity contribution in [3.05, 3.63) is 53.6 Å². The van der Waals surface area contributed by atoms with E-state index in [1.807, 2.05) is 44.2 Å². The van der Waals surface area contributed by atoms with Crippen molar-refractivity contribution in [3.8, 4) is 0 Å². The van der Waals surface area contributed by atoms with Gasteiger partial charge in [-0.25, -0.2) is 4.98 Å². The summed E-state index contributed by atoms with van der Waals surface area (Å²) in [4.78, 5) is 17.2. The van der Waals surface area contributed by atoms with Crippen LogP contribution in [0.15, 0.2) is 47.6 Å². The lowest BCUT2D eigenvalue weighted by Crippen LogP contribution is -2.15. The summed E-state index contributed by atoms with van der Waals surface area (Å²) < 4.78 is 2.26. The third-order valence-electron chi connectivity index (χ3n) is 4.69. The number of hydrogen-bond donors (Lipinski definition) is 1. The third kappa shape index (κ3) is 5.38. The van der Waals surface area contributed by atoms with Crippen molar-refractivity contribution in [1.29, 1.82) is 0 Å². The Morgan fingerprint density at radius 3 is 2.57 bits per heavy atom. The number of benzene rings is 2. The summed E-state index contributed by atoms with van der Waals surface area (Å²) in [6.45, 7) is 7.25. The minimum Gasteiger partial charge on any atom is -0.325 e. The van der Waals surface area contributed by atoms with E-state index in [2.05, 4.69) is 28.9 Å². The maximum Gasteiger partial charge on any atom is 0.234 e. The largest absolute Gasteiger partial charge is 0.325 e. The number of unbranched alkanes of at least 4 members (excludes halogenated alkanes) is 3. The lowest BCUT2D eigenvalue weighted by molar-refractivity contribution is -0.113. The van der Waals surface area contributed by atoms with Crippen LogP contribution in [0.4, 0.5) is 5.69 Å². The van der Waals surface area contributed by atoms with Gasteiger partial charge in [-0.2, -0.15) is 0 Å². The van der Waals surface area contributed by atoms with Crippen molar-refractivity contribution >= 4 is 34.4 Å². The van der Waals surface area contributed by atoms with E-state index in [9.17, 15) is 4.79 Å². The first kappa shape index (κ1) is 20.5. The van der Waals surface area contributed by atoms with Gasteiger partial charge in [0.05, 0.1) is 16.8 Å². The standard InChI is InChI=1S/C23H29N3OS/c1-4-5-6-9-12-26-21-11-8-7-10-20(21)25-23(26)28-16-22(27)24-19-14-17(2)13-18(3)15-19/h7-8,10-11,13-15H,4-6,9,12,16H2,1-3H3,(H,24,27). The lowest BCUT2D eigenvalue weighted by atomic mass is 10.1. The van der Waals surface area contributed by atoms with Crippen LogP contribution in [0, 0.1) is 13.8 Å². The molecule has 3 rings (SSSR count). The third-order valence-corrected chi connectivity index (χ3v) is 5.67. The summed E-state index contributed by atoms with van der Waals surface area (Å²) in [5, 5.41) is 3.93. The molecule has 148 valence electrons. The van der Waals surface area contributed by atoms with Crippen molar-refractivity contribution in [3.63, 3.8) is 0 Å². The number of hydrogen-bond acceptors (Lipinski definition) is 3. The van der Waals surface area contributed by atoms with Crippen LogP contribution in [0.3, 0.4) is 0 Å². The first-order chi connectivity index (χ1) is 13.6. The molecule has 1 aromatic heterocycles. The van der Waals surface area contributed by atoms with Gasteiger partial charge in [-0.3, -0.25) is 4.79 Å². The summed E-state index contributed by atoms with van der Waals surface area (Å²) in [5.41, 5.74) is 5.30. The Bertz CT molecular complexity index is 928. The average Bonchev–Trinajstić information content (AvgIpc) is 3.00. The highest BCUT2D eigenvalue weighted by molar-refractivity contribution is 7.99. The van der Waals surface area contributed by atoms with Gasteiger partial charge in [-0.1, -0.05) is 56.1 Å². The number of anilines is 1. The van der Waals surface area contributed by atoms with E-state index in [-0.39, 0.29) is 5.91 Å². The number of nitrogens with zero attached hydrogens (tertiary/aromatic N) is 2. The van der Waals surface area contributed by atoms with Gasteiger partial charge < -0.3 is 9.88 Å². The second kappa shape index (κ2) is 9.78.